The summed E-state index contributed by atoms with van der Waals surface area (Å²) in [5.41, 5.74) is -0.821. The fourth-order valence-corrected chi connectivity index (χ4v) is 2.85. The number of hydrogen-bond acceptors (Lipinski definition) is 3. The molecule has 0 heterocycles. The normalized spacial score (nSPS) is 11.4. The van der Waals surface area contributed by atoms with Crippen molar-refractivity contribution in [3.05, 3.63) is 42.5 Å². The van der Waals surface area contributed by atoms with Crippen LogP contribution in [0.4, 0.5) is 0 Å². The number of carbonyl (C=O) groups is 2. The van der Waals surface area contributed by atoms with Crippen molar-refractivity contribution >= 4 is 34.4 Å². The molecule has 122 valence electrons. The van der Waals surface area contributed by atoms with Crippen LogP contribution in [0.2, 0.25) is 0 Å². The number of benzene rings is 2. The average Bonchev–Trinajstić information content (AvgIpc) is 2.52. The highest BCUT2D eigenvalue weighted by molar-refractivity contribution is 8.00. The quantitative estimate of drug-likeness (QED) is 0.762. The first kappa shape index (κ1) is 17.3. The second-order valence-corrected chi connectivity index (χ2v) is 7.14. The minimum absolute atomic E-state index is 0.0793. The lowest BCUT2D eigenvalue weighted by Crippen LogP contribution is -2.32. The summed E-state index contributed by atoms with van der Waals surface area (Å²) < 4.78 is 0. The van der Waals surface area contributed by atoms with Crippen molar-refractivity contribution in [3.8, 4) is 0 Å². The van der Waals surface area contributed by atoms with Gasteiger partial charge in [0.25, 0.3) is 0 Å². The number of nitrogens with one attached hydrogen (secondary N) is 1. The fourth-order valence-electron chi connectivity index (χ4n) is 2.08. The van der Waals surface area contributed by atoms with Gasteiger partial charge in [-0.1, -0.05) is 30.3 Å². The van der Waals surface area contributed by atoms with E-state index in [0.29, 0.717) is 18.7 Å². The molecule has 0 aliphatic carbocycles. The van der Waals surface area contributed by atoms with Crippen molar-refractivity contribution in [3.63, 3.8) is 0 Å². The molecule has 2 rings (SSSR count). The van der Waals surface area contributed by atoms with Gasteiger partial charge < -0.3 is 10.4 Å². The first-order valence-electron chi connectivity index (χ1n) is 7.50. The van der Waals surface area contributed by atoms with E-state index in [1.54, 1.807) is 13.8 Å². The molecule has 0 bridgehead atoms. The Bertz CT molecular complexity index is 712. The van der Waals surface area contributed by atoms with Crippen LogP contribution in [0.25, 0.3) is 10.8 Å². The van der Waals surface area contributed by atoms with Crippen LogP contribution in [-0.4, -0.2) is 29.3 Å². The number of hydrogen-bond donors (Lipinski definition) is 2. The Morgan fingerprint density at radius 1 is 1.13 bits per heavy atom. The first-order valence-corrected chi connectivity index (χ1v) is 8.49. The standard InChI is InChI=1S/C18H21NO3S/c1-18(2,17(21)22)9-10-19-16(20)12-23-15-8-7-13-5-3-4-6-14(13)11-15/h3-8,11H,9-10,12H2,1-2H3,(H,19,20)(H,21,22). The van der Waals surface area contributed by atoms with E-state index in [9.17, 15) is 9.59 Å². The number of aliphatic carboxylic acids is 1. The lowest BCUT2D eigenvalue weighted by molar-refractivity contribution is -0.147. The molecule has 0 aliphatic heterocycles. The molecular weight excluding hydrogens is 310 g/mol. The molecule has 0 aliphatic rings. The van der Waals surface area contributed by atoms with E-state index in [-0.39, 0.29) is 5.91 Å². The number of fused-ring (bicyclic) bond motifs is 1. The Balaban J connectivity index is 1.80. The third-order valence-electron chi connectivity index (χ3n) is 3.74. The Morgan fingerprint density at radius 3 is 2.52 bits per heavy atom. The average molecular weight is 331 g/mol. The van der Waals surface area contributed by atoms with Gasteiger partial charge in [0.1, 0.15) is 0 Å². The Hall–Kier alpha value is -2.01. The van der Waals surface area contributed by atoms with Crippen molar-refractivity contribution in [2.24, 2.45) is 5.41 Å². The summed E-state index contributed by atoms with van der Waals surface area (Å²) >= 11 is 1.48. The minimum Gasteiger partial charge on any atom is -0.481 e. The molecule has 23 heavy (non-hydrogen) atoms. The summed E-state index contributed by atoms with van der Waals surface area (Å²) in [6.07, 6.45) is 0.411. The van der Waals surface area contributed by atoms with Gasteiger partial charge >= 0.3 is 5.97 Å². The molecule has 4 nitrogen and oxygen atoms in total. The Labute approximate surface area is 140 Å². The van der Waals surface area contributed by atoms with Gasteiger partial charge in [-0.3, -0.25) is 9.59 Å². The highest BCUT2D eigenvalue weighted by atomic mass is 32.2. The summed E-state index contributed by atoms with van der Waals surface area (Å²) in [6, 6.07) is 14.2. The van der Waals surface area contributed by atoms with Gasteiger partial charge in [-0.2, -0.15) is 0 Å². The first-order chi connectivity index (χ1) is 10.9. The van der Waals surface area contributed by atoms with Crippen LogP contribution < -0.4 is 5.32 Å². The van der Waals surface area contributed by atoms with E-state index in [2.05, 4.69) is 17.4 Å². The lowest BCUT2D eigenvalue weighted by atomic mass is 9.90. The maximum absolute atomic E-state index is 11.9. The number of thioether (sulfide) groups is 1. The number of carbonyl (C=O) groups excluding carboxylic acids is 1. The maximum atomic E-state index is 11.9. The van der Waals surface area contributed by atoms with Crippen LogP contribution in [-0.2, 0) is 9.59 Å². The minimum atomic E-state index is -0.850. The van der Waals surface area contributed by atoms with Crippen LogP contribution >= 0.6 is 11.8 Å². The molecule has 0 spiro atoms. The van der Waals surface area contributed by atoms with Crippen molar-refractivity contribution in [1.29, 1.82) is 0 Å². The molecule has 0 radical (unpaired) electrons. The predicted molar refractivity (Wildman–Crippen MR) is 93.7 cm³/mol. The van der Waals surface area contributed by atoms with Gasteiger partial charge in [0.05, 0.1) is 11.2 Å². The molecule has 5 heteroatoms. The van der Waals surface area contributed by atoms with E-state index in [4.69, 9.17) is 5.11 Å². The zero-order valence-corrected chi connectivity index (χ0v) is 14.2. The summed E-state index contributed by atoms with van der Waals surface area (Å²) in [6.45, 7) is 3.69. The van der Waals surface area contributed by atoms with Crippen LogP contribution in [0.1, 0.15) is 20.3 Å². The predicted octanol–water partition coefficient (Wildman–Crippen LogP) is 3.55. The fraction of sp³-hybridized carbons (Fsp3) is 0.333. The third kappa shape index (κ3) is 4.99. The molecule has 0 aromatic heterocycles. The maximum Gasteiger partial charge on any atom is 0.309 e. The van der Waals surface area contributed by atoms with Crippen molar-refractivity contribution in [2.75, 3.05) is 12.3 Å². The molecule has 0 unspecified atom stereocenters. The van der Waals surface area contributed by atoms with E-state index in [0.717, 1.165) is 10.3 Å². The van der Waals surface area contributed by atoms with Gasteiger partial charge in [0.15, 0.2) is 0 Å². The Kier molecular flexibility index (Phi) is 5.66. The summed E-state index contributed by atoms with van der Waals surface area (Å²) in [4.78, 5) is 23.9. The highest BCUT2D eigenvalue weighted by Gasteiger charge is 2.26. The van der Waals surface area contributed by atoms with Crippen molar-refractivity contribution in [1.82, 2.24) is 5.32 Å². The lowest BCUT2D eigenvalue weighted by Gasteiger charge is -2.18. The molecule has 0 fully saturated rings. The van der Waals surface area contributed by atoms with Gasteiger partial charge in [-0.05, 0) is 43.2 Å². The molecule has 2 aromatic carbocycles. The van der Waals surface area contributed by atoms with Gasteiger partial charge in [0.2, 0.25) is 5.91 Å². The van der Waals surface area contributed by atoms with E-state index < -0.39 is 11.4 Å². The van der Waals surface area contributed by atoms with Gasteiger partial charge in [-0.25, -0.2) is 0 Å². The molecular formula is C18H21NO3S. The zero-order chi connectivity index (χ0) is 16.9. The topological polar surface area (TPSA) is 66.4 Å². The molecule has 0 atom stereocenters. The van der Waals surface area contributed by atoms with Crippen LogP contribution in [0.5, 0.6) is 0 Å². The molecule has 2 N–H and O–H groups in total. The number of rotatable bonds is 7. The Morgan fingerprint density at radius 2 is 1.83 bits per heavy atom. The van der Waals surface area contributed by atoms with Crippen LogP contribution in [0.3, 0.4) is 0 Å². The number of carboxylic acid groups (broad SMARTS) is 1. The number of carboxylic acids is 1. The molecule has 0 saturated heterocycles. The molecule has 0 saturated carbocycles. The van der Waals surface area contributed by atoms with E-state index >= 15 is 0 Å². The number of amides is 1. The van der Waals surface area contributed by atoms with Crippen molar-refractivity contribution in [2.45, 2.75) is 25.2 Å². The second kappa shape index (κ2) is 7.51. The smallest absolute Gasteiger partial charge is 0.309 e. The zero-order valence-electron chi connectivity index (χ0n) is 13.3. The van der Waals surface area contributed by atoms with Gasteiger partial charge in [-0.15, -0.1) is 11.8 Å². The van der Waals surface area contributed by atoms with E-state index in [1.807, 2.05) is 30.3 Å². The molecule has 2 aromatic rings. The SMILES string of the molecule is CC(C)(CCNC(=O)CSc1ccc2ccccc2c1)C(=O)O. The monoisotopic (exact) mass is 331 g/mol. The largest absolute Gasteiger partial charge is 0.481 e. The van der Waals surface area contributed by atoms with E-state index in [1.165, 1.54) is 17.1 Å². The van der Waals surface area contributed by atoms with Crippen molar-refractivity contribution < 1.29 is 14.7 Å². The van der Waals surface area contributed by atoms with Crippen LogP contribution in [0, 0.1) is 5.41 Å². The highest BCUT2D eigenvalue weighted by Crippen LogP contribution is 2.23. The summed E-state index contributed by atoms with van der Waals surface area (Å²) in [7, 11) is 0. The second-order valence-electron chi connectivity index (χ2n) is 6.09. The van der Waals surface area contributed by atoms with Gasteiger partial charge in [0, 0.05) is 11.4 Å². The van der Waals surface area contributed by atoms with Crippen LogP contribution in [0.15, 0.2) is 47.4 Å². The third-order valence-corrected chi connectivity index (χ3v) is 4.74. The summed E-state index contributed by atoms with van der Waals surface area (Å²) in [5, 5.41) is 14.1. The summed E-state index contributed by atoms with van der Waals surface area (Å²) in [5.74, 6) is -0.604. The molecule has 1 amide bonds.